The fraction of sp³-hybridized carbons (Fsp3) is 0.417. The van der Waals surface area contributed by atoms with Crippen molar-refractivity contribution in [2.45, 2.75) is 32.4 Å². The Kier molecular flexibility index (Phi) is 3.66. The van der Waals surface area contributed by atoms with E-state index in [0.29, 0.717) is 12.1 Å². The molecule has 0 spiro atoms. The van der Waals surface area contributed by atoms with Crippen molar-refractivity contribution in [3.63, 3.8) is 0 Å². The highest BCUT2D eigenvalue weighted by Gasteiger charge is 2.14. The van der Waals surface area contributed by atoms with Crippen molar-refractivity contribution in [1.82, 2.24) is 19.7 Å². The molecule has 0 aliphatic carbocycles. The molecule has 5 nitrogen and oxygen atoms in total. The van der Waals surface area contributed by atoms with Crippen LogP contribution in [-0.2, 0) is 6.42 Å². The van der Waals surface area contributed by atoms with Gasteiger partial charge in [0.15, 0.2) is 0 Å². The van der Waals surface area contributed by atoms with Crippen LogP contribution in [0.5, 0.6) is 0 Å². The lowest BCUT2D eigenvalue weighted by atomic mass is 10.1. The lowest BCUT2D eigenvalue weighted by Gasteiger charge is -2.13. The van der Waals surface area contributed by atoms with Crippen LogP contribution in [0, 0.1) is 5.82 Å². The third-order valence-electron chi connectivity index (χ3n) is 2.67. The van der Waals surface area contributed by atoms with Gasteiger partial charge in [-0.25, -0.2) is 14.1 Å². The summed E-state index contributed by atoms with van der Waals surface area (Å²) in [5, 5.41) is 4.15. The van der Waals surface area contributed by atoms with Crippen molar-refractivity contribution in [2.24, 2.45) is 5.73 Å². The average molecular weight is 249 g/mol. The third-order valence-corrected chi connectivity index (χ3v) is 2.67. The van der Waals surface area contributed by atoms with Gasteiger partial charge in [-0.3, -0.25) is 4.98 Å². The van der Waals surface area contributed by atoms with Gasteiger partial charge in [0, 0.05) is 12.5 Å². The van der Waals surface area contributed by atoms with Crippen LogP contribution in [-0.4, -0.2) is 19.7 Å². The van der Waals surface area contributed by atoms with E-state index in [9.17, 15) is 4.39 Å². The smallest absolute Gasteiger partial charge is 0.141 e. The van der Waals surface area contributed by atoms with Gasteiger partial charge in [-0.2, -0.15) is 5.10 Å². The zero-order valence-corrected chi connectivity index (χ0v) is 10.4. The number of rotatable bonds is 4. The highest BCUT2D eigenvalue weighted by atomic mass is 19.1. The van der Waals surface area contributed by atoms with E-state index in [-0.39, 0.29) is 17.9 Å². The first-order valence-electron chi connectivity index (χ1n) is 5.83. The Balaban J connectivity index is 2.13. The fourth-order valence-corrected chi connectivity index (χ4v) is 1.76. The quantitative estimate of drug-likeness (QED) is 0.894. The largest absolute Gasteiger partial charge is 0.322 e. The van der Waals surface area contributed by atoms with Crippen LogP contribution in [0.25, 0.3) is 0 Å². The van der Waals surface area contributed by atoms with Gasteiger partial charge >= 0.3 is 0 Å². The molecule has 2 N–H and O–H groups in total. The van der Waals surface area contributed by atoms with Crippen molar-refractivity contribution < 1.29 is 4.39 Å². The summed E-state index contributed by atoms with van der Waals surface area (Å²) in [6.45, 7) is 4.06. The second-order valence-electron chi connectivity index (χ2n) is 4.43. The molecule has 2 aromatic rings. The summed E-state index contributed by atoms with van der Waals surface area (Å²) in [6, 6.07) is 2.87. The van der Waals surface area contributed by atoms with Crippen molar-refractivity contribution in [3.05, 3.63) is 42.0 Å². The molecule has 96 valence electrons. The summed E-state index contributed by atoms with van der Waals surface area (Å²) in [7, 11) is 0. The van der Waals surface area contributed by atoms with Crippen molar-refractivity contribution in [3.8, 4) is 0 Å². The molecule has 2 heterocycles. The van der Waals surface area contributed by atoms with E-state index in [4.69, 9.17) is 5.73 Å². The van der Waals surface area contributed by atoms with Gasteiger partial charge in [0.1, 0.15) is 18.0 Å². The molecule has 0 saturated carbocycles. The molecule has 0 radical (unpaired) electrons. The highest BCUT2D eigenvalue weighted by Crippen LogP contribution is 2.14. The van der Waals surface area contributed by atoms with Crippen LogP contribution >= 0.6 is 0 Å². The van der Waals surface area contributed by atoms with E-state index < -0.39 is 0 Å². The minimum atomic E-state index is -0.365. The van der Waals surface area contributed by atoms with Crippen molar-refractivity contribution in [1.29, 1.82) is 0 Å². The van der Waals surface area contributed by atoms with E-state index in [1.54, 1.807) is 6.07 Å². The van der Waals surface area contributed by atoms with Gasteiger partial charge < -0.3 is 5.73 Å². The second kappa shape index (κ2) is 5.22. The van der Waals surface area contributed by atoms with E-state index >= 15 is 0 Å². The lowest BCUT2D eigenvalue weighted by molar-refractivity contribution is 0.491. The third kappa shape index (κ3) is 2.70. The molecular weight excluding hydrogens is 233 g/mol. The molecule has 2 rings (SSSR count). The molecule has 1 atom stereocenters. The van der Waals surface area contributed by atoms with Gasteiger partial charge in [0.25, 0.3) is 0 Å². The van der Waals surface area contributed by atoms with E-state index in [2.05, 4.69) is 15.1 Å². The second-order valence-corrected chi connectivity index (χ2v) is 4.43. The number of hydrogen-bond acceptors (Lipinski definition) is 4. The van der Waals surface area contributed by atoms with Gasteiger partial charge in [0.2, 0.25) is 0 Å². The summed E-state index contributed by atoms with van der Waals surface area (Å²) < 4.78 is 14.6. The van der Waals surface area contributed by atoms with Crippen LogP contribution < -0.4 is 5.73 Å². The van der Waals surface area contributed by atoms with E-state index in [0.717, 1.165) is 5.82 Å². The maximum atomic E-state index is 12.8. The Morgan fingerprint density at radius 3 is 2.72 bits per heavy atom. The SMILES string of the molecule is CC(C)n1ncnc1CC(N)c1ccc(F)cn1. The molecule has 0 saturated heterocycles. The van der Waals surface area contributed by atoms with Crippen LogP contribution in [0.3, 0.4) is 0 Å². The van der Waals surface area contributed by atoms with Crippen molar-refractivity contribution in [2.75, 3.05) is 0 Å². The van der Waals surface area contributed by atoms with Gasteiger partial charge in [0.05, 0.1) is 17.9 Å². The first-order chi connectivity index (χ1) is 8.58. The molecule has 6 heteroatoms. The molecule has 0 fully saturated rings. The molecule has 0 aliphatic rings. The number of aromatic nitrogens is 4. The fourth-order valence-electron chi connectivity index (χ4n) is 1.76. The Labute approximate surface area is 105 Å². The molecule has 0 amide bonds. The van der Waals surface area contributed by atoms with Crippen LogP contribution in [0.15, 0.2) is 24.7 Å². The molecule has 2 aromatic heterocycles. The van der Waals surface area contributed by atoms with Gasteiger partial charge in [-0.1, -0.05) is 0 Å². The molecule has 0 aliphatic heterocycles. The Bertz CT molecular complexity index is 505. The molecule has 0 bridgehead atoms. The molecular formula is C12H16FN5. The number of nitrogens with zero attached hydrogens (tertiary/aromatic N) is 4. The van der Waals surface area contributed by atoms with Crippen molar-refractivity contribution >= 4 is 0 Å². The number of pyridine rings is 1. The van der Waals surface area contributed by atoms with Gasteiger partial charge in [-0.05, 0) is 26.0 Å². The molecule has 1 unspecified atom stereocenters. The maximum absolute atomic E-state index is 12.8. The summed E-state index contributed by atoms with van der Waals surface area (Å²) in [5.41, 5.74) is 6.69. The lowest BCUT2D eigenvalue weighted by Crippen LogP contribution is -2.19. The van der Waals surface area contributed by atoms with Gasteiger partial charge in [-0.15, -0.1) is 0 Å². The number of nitrogens with two attached hydrogens (primary N) is 1. The monoisotopic (exact) mass is 249 g/mol. The van der Waals surface area contributed by atoms with Crippen LogP contribution in [0.1, 0.15) is 37.4 Å². The van der Waals surface area contributed by atoms with Crippen LogP contribution in [0.4, 0.5) is 4.39 Å². The predicted molar refractivity (Wildman–Crippen MR) is 65.2 cm³/mol. The summed E-state index contributed by atoms with van der Waals surface area (Å²) in [4.78, 5) is 8.17. The molecule has 0 aromatic carbocycles. The van der Waals surface area contributed by atoms with E-state index in [1.807, 2.05) is 18.5 Å². The zero-order valence-electron chi connectivity index (χ0n) is 10.4. The number of hydrogen-bond donors (Lipinski definition) is 1. The van der Waals surface area contributed by atoms with E-state index in [1.165, 1.54) is 18.6 Å². The Hall–Kier alpha value is -1.82. The first-order valence-corrected chi connectivity index (χ1v) is 5.83. The number of halogens is 1. The normalized spacial score (nSPS) is 12.9. The highest BCUT2D eigenvalue weighted by molar-refractivity contribution is 5.11. The molecule has 18 heavy (non-hydrogen) atoms. The Morgan fingerprint density at radius 1 is 1.33 bits per heavy atom. The van der Waals surface area contributed by atoms with Crippen LogP contribution in [0.2, 0.25) is 0 Å². The maximum Gasteiger partial charge on any atom is 0.141 e. The predicted octanol–water partition coefficient (Wildman–Crippen LogP) is 1.64. The summed E-state index contributed by atoms with van der Waals surface area (Å²) in [5.74, 6) is 0.444. The Morgan fingerprint density at radius 2 is 2.11 bits per heavy atom. The summed E-state index contributed by atoms with van der Waals surface area (Å²) in [6.07, 6.45) is 3.21. The standard InChI is InChI=1S/C12H16FN5/c1-8(2)18-12(16-7-17-18)5-10(14)11-4-3-9(13)6-15-11/h3-4,6-8,10H,5,14H2,1-2H3. The zero-order chi connectivity index (χ0) is 13.1. The summed E-state index contributed by atoms with van der Waals surface area (Å²) >= 11 is 0. The average Bonchev–Trinajstić information content (AvgIpc) is 2.78. The first kappa shape index (κ1) is 12.6. The topological polar surface area (TPSA) is 69.6 Å². The minimum Gasteiger partial charge on any atom is -0.322 e. The minimum absolute atomic E-state index is 0.232.